The van der Waals surface area contributed by atoms with E-state index in [4.69, 9.17) is 4.74 Å². The smallest absolute Gasteiger partial charge is 0.101 e. The van der Waals surface area contributed by atoms with E-state index < -0.39 is 0 Å². The zero-order valence-electron chi connectivity index (χ0n) is 11.6. The lowest BCUT2D eigenvalue weighted by Crippen LogP contribution is -2.12. The molecule has 0 amide bonds. The van der Waals surface area contributed by atoms with Crippen molar-refractivity contribution >= 4 is 10.8 Å². The Balaban J connectivity index is 2.00. The zero-order chi connectivity index (χ0) is 13.8. The monoisotopic (exact) mass is 266 g/mol. The van der Waals surface area contributed by atoms with Crippen LogP contribution >= 0.6 is 0 Å². The molecule has 3 rings (SSSR count). The maximum absolute atomic E-state index is 5.96. The number of hydrogen-bond acceptors (Lipinski definition) is 2. The molecule has 0 saturated carbocycles. The summed E-state index contributed by atoms with van der Waals surface area (Å²) < 4.78 is 8.02. The van der Waals surface area contributed by atoms with E-state index in [1.807, 2.05) is 19.4 Å². The topological polar surface area (TPSA) is 27.1 Å². The van der Waals surface area contributed by atoms with Gasteiger partial charge in [0.05, 0.1) is 12.9 Å². The Morgan fingerprint density at radius 3 is 2.80 bits per heavy atom. The van der Waals surface area contributed by atoms with Gasteiger partial charge in [0.1, 0.15) is 6.10 Å². The van der Waals surface area contributed by atoms with Crippen LogP contribution in [0, 0.1) is 0 Å². The fourth-order valence-electron chi connectivity index (χ4n) is 2.56. The summed E-state index contributed by atoms with van der Waals surface area (Å²) in [4.78, 5) is 4.10. The summed E-state index contributed by atoms with van der Waals surface area (Å²) in [5.74, 6) is 0. The summed E-state index contributed by atoms with van der Waals surface area (Å²) in [5, 5.41) is 2.51. The predicted molar refractivity (Wildman–Crippen MR) is 80.5 cm³/mol. The summed E-state index contributed by atoms with van der Waals surface area (Å²) in [6, 6.07) is 14.8. The van der Waals surface area contributed by atoms with E-state index in [1.54, 1.807) is 6.20 Å². The molecule has 0 radical (unpaired) electrons. The number of nitrogens with zero attached hydrogens (tertiary/aromatic N) is 2. The van der Waals surface area contributed by atoms with Crippen molar-refractivity contribution in [3.05, 3.63) is 66.7 Å². The van der Waals surface area contributed by atoms with Gasteiger partial charge >= 0.3 is 0 Å². The van der Waals surface area contributed by atoms with Crippen molar-refractivity contribution in [1.29, 1.82) is 0 Å². The lowest BCUT2D eigenvalue weighted by Gasteiger charge is -2.20. The third kappa shape index (κ3) is 2.58. The van der Waals surface area contributed by atoms with Crippen LogP contribution in [0.4, 0.5) is 0 Å². The minimum Gasteiger partial charge on any atom is -0.372 e. The van der Waals surface area contributed by atoms with Gasteiger partial charge in [-0.05, 0) is 23.3 Å². The van der Waals surface area contributed by atoms with Crippen molar-refractivity contribution in [2.45, 2.75) is 19.6 Å². The normalized spacial score (nSPS) is 12.7. The van der Waals surface area contributed by atoms with Crippen LogP contribution in [0.5, 0.6) is 0 Å². The highest BCUT2D eigenvalue weighted by molar-refractivity contribution is 5.85. The van der Waals surface area contributed by atoms with Gasteiger partial charge in [-0.1, -0.05) is 42.5 Å². The highest BCUT2D eigenvalue weighted by Gasteiger charge is 2.14. The molecular weight excluding hydrogens is 248 g/mol. The number of hydrogen-bond donors (Lipinski definition) is 0. The summed E-state index contributed by atoms with van der Waals surface area (Å²) in [5.41, 5.74) is 1.23. The minimum absolute atomic E-state index is 0.0419. The van der Waals surface area contributed by atoms with Crippen LogP contribution in [0.1, 0.15) is 18.6 Å². The molecule has 3 nitrogen and oxygen atoms in total. The van der Waals surface area contributed by atoms with E-state index in [2.05, 4.69) is 52.0 Å². The van der Waals surface area contributed by atoms with Crippen molar-refractivity contribution in [2.75, 3.05) is 6.61 Å². The molecule has 0 N–H and O–H groups in total. The molecule has 2 aromatic carbocycles. The number of benzene rings is 2. The van der Waals surface area contributed by atoms with Crippen LogP contribution in [-0.4, -0.2) is 16.2 Å². The SMILES string of the molecule is CCOC(Cn1ccnc1)c1cccc2ccccc12. The van der Waals surface area contributed by atoms with Gasteiger partial charge in [-0.25, -0.2) is 4.98 Å². The molecule has 0 fully saturated rings. The molecule has 20 heavy (non-hydrogen) atoms. The van der Waals surface area contributed by atoms with E-state index in [9.17, 15) is 0 Å². The van der Waals surface area contributed by atoms with E-state index in [0.717, 1.165) is 6.54 Å². The Hall–Kier alpha value is -2.13. The fourth-order valence-corrected chi connectivity index (χ4v) is 2.56. The van der Waals surface area contributed by atoms with Crippen LogP contribution in [-0.2, 0) is 11.3 Å². The van der Waals surface area contributed by atoms with E-state index in [1.165, 1.54) is 16.3 Å². The van der Waals surface area contributed by atoms with Crippen molar-refractivity contribution < 1.29 is 4.74 Å². The zero-order valence-corrected chi connectivity index (χ0v) is 11.6. The average Bonchev–Trinajstić information content (AvgIpc) is 2.99. The molecule has 0 aliphatic heterocycles. The molecule has 102 valence electrons. The van der Waals surface area contributed by atoms with Gasteiger partial charge < -0.3 is 9.30 Å². The Morgan fingerprint density at radius 2 is 2.00 bits per heavy atom. The second-order valence-electron chi connectivity index (χ2n) is 4.77. The van der Waals surface area contributed by atoms with Crippen molar-refractivity contribution in [2.24, 2.45) is 0 Å². The molecule has 3 heteroatoms. The average molecular weight is 266 g/mol. The molecule has 1 atom stereocenters. The minimum atomic E-state index is 0.0419. The van der Waals surface area contributed by atoms with E-state index in [-0.39, 0.29) is 6.10 Å². The van der Waals surface area contributed by atoms with Gasteiger partial charge in [0, 0.05) is 19.0 Å². The molecule has 0 spiro atoms. The third-order valence-corrected chi connectivity index (χ3v) is 3.47. The molecular formula is C17H18N2O. The molecule has 1 heterocycles. The first-order valence-electron chi connectivity index (χ1n) is 6.93. The summed E-state index contributed by atoms with van der Waals surface area (Å²) >= 11 is 0. The summed E-state index contributed by atoms with van der Waals surface area (Å²) in [6.45, 7) is 3.51. The maximum Gasteiger partial charge on any atom is 0.101 e. The molecule has 0 saturated heterocycles. The van der Waals surface area contributed by atoms with Gasteiger partial charge in [-0.3, -0.25) is 0 Å². The Labute approximate surface area is 118 Å². The largest absolute Gasteiger partial charge is 0.372 e. The molecule has 3 aromatic rings. The van der Waals surface area contributed by atoms with Crippen LogP contribution in [0.3, 0.4) is 0 Å². The number of aromatic nitrogens is 2. The Morgan fingerprint density at radius 1 is 1.15 bits per heavy atom. The van der Waals surface area contributed by atoms with Crippen molar-refractivity contribution in [1.82, 2.24) is 9.55 Å². The van der Waals surface area contributed by atoms with Crippen LogP contribution < -0.4 is 0 Å². The number of imidazole rings is 1. The Kier molecular flexibility index (Phi) is 3.79. The standard InChI is InChI=1S/C17H18N2O/c1-2-20-17(12-19-11-10-18-13-19)16-9-5-7-14-6-3-4-8-15(14)16/h3-11,13,17H,2,12H2,1H3. The maximum atomic E-state index is 5.96. The van der Waals surface area contributed by atoms with Gasteiger partial charge in [0.25, 0.3) is 0 Å². The van der Waals surface area contributed by atoms with Crippen molar-refractivity contribution in [3.8, 4) is 0 Å². The first-order valence-corrected chi connectivity index (χ1v) is 6.93. The molecule has 1 aromatic heterocycles. The summed E-state index contributed by atoms with van der Waals surface area (Å²) in [6.07, 6.45) is 5.64. The van der Waals surface area contributed by atoms with Gasteiger partial charge in [0.2, 0.25) is 0 Å². The number of ether oxygens (including phenoxy) is 1. The highest BCUT2D eigenvalue weighted by atomic mass is 16.5. The van der Waals surface area contributed by atoms with Crippen LogP contribution in [0.25, 0.3) is 10.8 Å². The third-order valence-electron chi connectivity index (χ3n) is 3.47. The molecule has 0 aliphatic rings. The van der Waals surface area contributed by atoms with Crippen LogP contribution in [0.2, 0.25) is 0 Å². The van der Waals surface area contributed by atoms with Gasteiger partial charge in [-0.15, -0.1) is 0 Å². The van der Waals surface area contributed by atoms with Gasteiger partial charge in [-0.2, -0.15) is 0 Å². The predicted octanol–water partition coefficient (Wildman–Crippen LogP) is 3.81. The summed E-state index contributed by atoms with van der Waals surface area (Å²) in [7, 11) is 0. The van der Waals surface area contributed by atoms with E-state index in [0.29, 0.717) is 6.61 Å². The lowest BCUT2D eigenvalue weighted by molar-refractivity contribution is 0.0507. The number of fused-ring (bicyclic) bond motifs is 1. The van der Waals surface area contributed by atoms with E-state index >= 15 is 0 Å². The molecule has 0 aliphatic carbocycles. The first-order chi connectivity index (χ1) is 9.88. The molecule has 1 unspecified atom stereocenters. The second kappa shape index (κ2) is 5.88. The lowest BCUT2D eigenvalue weighted by atomic mass is 10.00. The first kappa shape index (κ1) is 12.9. The quantitative estimate of drug-likeness (QED) is 0.702. The molecule has 0 bridgehead atoms. The van der Waals surface area contributed by atoms with Crippen molar-refractivity contribution in [3.63, 3.8) is 0 Å². The van der Waals surface area contributed by atoms with Crippen LogP contribution in [0.15, 0.2) is 61.2 Å². The second-order valence-corrected chi connectivity index (χ2v) is 4.77. The fraction of sp³-hybridized carbons (Fsp3) is 0.235. The number of rotatable bonds is 5. The highest BCUT2D eigenvalue weighted by Crippen LogP contribution is 2.27. The Bertz CT molecular complexity index is 671. The van der Waals surface area contributed by atoms with Gasteiger partial charge in [0.15, 0.2) is 0 Å².